The molecule has 2 aliphatic rings. The van der Waals surface area contributed by atoms with Gasteiger partial charge in [0.15, 0.2) is 26.4 Å². The average Bonchev–Trinajstić information content (AvgIpc) is 2.75. The van der Waals surface area contributed by atoms with Gasteiger partial charge in [-0.15, -0.1) is 0 Å². The quantitative estimate of drug-likeness (QED) is 0.448. The molecule has 1 aliphatic carbocycles. The van der Waals surface area contributed by atoms with Gasteiger partial charge >= 0.3 is 0 Å². The summed E-state index contributed by atoms with van der Waals surface area (Å²) >= 11 is 0. The van der Waals surface area contributed by atoms with Crippen molar-refractivity contribution in [2.45, 2.75) is 73.6 Å². The predicted molar refractivity (Wildman–Crippen MR) is 127 cm³/mol. The van der Waals surface area contributed by atoms with Gasteiger partial charge in [-0.1, -0.05) is 25.0 Å². The number of sulfone groups is 1. The van der Waals surface area contributed by atoms with E-state index >= 15 is 8.78 Å². The number of nitrogens with two attached hydrogens (primary N) is 1. The molecular formula is C22H33F2N3O5S2. The lowest BCUT2D eigenvalue weighted by atomic mass is 10.0. The molecular weight excluding hydrogens is 488 g/mol. The number of nitrogens with one attached hydrogen (secondary N) is 1. The number of primary sulfonamides is 1. The average molecular weight is 522 g/mol. The van der Waals surface area contributed by atoms with Crippen LogP contribution in [0.3, 0.4) is 0 Å². The van der Waals surface area contributed by atoms with Gasteiger partial charge < -0.3 is 15.3 Å². The zero-order chi connectivity index (χ0) is 24.9. The first-order chi connectivity index (χ1) is 16.1. The predicted octanol–water partition coefficient (Wildman–Crippen LogP) is 3.06. The largest absolute Gasteiger partial charge is 0.396 e. The molecule has 1 aliphatic heterocycles. The van der Waals surface area contributed by atoms with E-state index in [0.29, 0.717) is 19.3 Å². The van der Waals surface area contributed by atoms with E-state index in [0.717, 1.165) is 32.1 Å². The van der Waals surface area contributed by atoms with Gasteiger partial charge in [-0.2, -0.15) is 0 Å². The van der Waals surface area contributed by atoms with Crippen LogP contribution in [0.4, 0.5) is 20.2 Å². The Morgan fingerprint density at radius 1 is 1.00 bits per heavy atom. The number of nitrogens with zero attached hydrogens (tertiary/aromatic N) is 1. The van der Waals surface area contributed by atoms with Crippen LogP contribution >= 0.6 is 0 Å². The Kier molecular flexibility index (Phi) is 8.93. The fourth-order valence-electron chi connectivity index (χ4n) is 4.54. The maximum Gasteiger partial charge on any atom is 0.244 e. The topological polar surface area (TPSA) is 130 Å². The molecule has 12 heteroatoms. The third-order valence-corrected chi connectivity index (χ3v) is 8.96. The molecule has 0 spiro atoms. The molecule has 1 fully saturated rings. The maximum absolute atomic E-state index is 15.7. The monoisotopic (exact) mass is 521 g/mol. The molecule has 0 aromatic heterocycles. The van der Waals surface area contributed by atoms with Crippen molar-refractivity contribution in [3.8, 4) is 0 Å². The van der Waals surface area contributed by atoms with Gasteiger partial charge in [-0.25, -0.2) is 30.8 Å². The lowest BCUT2D eigenvalue weighted by molar-refractivity contribution is 0.295. The summed E-state index contributed by atoms with van der Waals surface area (Å²) in [5.74, 6) is -3.59. The summed E-state index contributed by atoms with van der Waals surface area (Å²) in [6.45, 7) is 0.155. The number of aliphatic hydroxyl groups is 1. The molecule has 0 saturated carbocycles. The van der Waals surface area contributed by atoms with Crippen LogP contribution in [-0.2, 0) is 19.9 Å². The number of halogens is 2. The minimum atomic E-state index is -4.85. The zero-order valence-corrected chi connectivity index (χ0v) is 20.7. The van der Waals surface area contributed by atoms with E-state index in [1.165, 1.54) is 4.90 Å². The number of anilines is 2. The molecule has 8 nitrogen and oxygen atoms in total. The molecule has 0 unspecified atom stereocenters. The van der Waals surface area contributed by atoms with E-state index in [2.05, 4.69) is 5.32 Å². The van der Waals surface area contributed by atoms with Gasteiger partial charge in [0.25, 0.3) is 0 Å². The van der Waals surface area contributed by atoms with E-state index < -0.39 is 71.1 Å². The Morgan fingerprint density at radius 2 is 1.68 bits per heavy atom. The number of benzene rings is 1. The first kappa shape index (κ1) is 26.8. The SMILES string of the molecule is NS(=O)(=O)c1c(F)c(N[C@@H]2/C=C\CCCCC2)c(S(=O)(=O)CCCO)c(N2CCCCC2)c1F. The molecule has 1 heterocycles. The van der Waals surface area contributed by atoms with Crippen LogP contribution in [-0.4, -0.2) is 53.4 Å². The summed E-state index contributed by atoms with van der Waals surface area (Å²) < 4.78 is 82.7. The normalized spacial score (nSPS) is 21.1. The van der Waals surface area contributed by atoms with Crippen molar-refractivity contribution in [2.24, 2.45) is 5.14 Å². The Bertz CT molecular complexity index is 1120. The van der Waals surface area contributed by atoms with Crippen LogP contribution < -0.4 is 15.4 Å². The second-order valence-corrected chi connectivity index (χ2v) is 12.4. The number of rotatable bonds is 8. The maximum atomic E-state index is 15.7. The molecule has 1 aromatic carbocycles. The number of allylic oxidation sites excluding steroid dienone is 1. The van der Waals surface area contributed by atoms with Crippen molar-refractivity contribution >= 4 is 31.2 Å². The standard InChI is InChI=1S/C22H33F2N3O5S2/c23-17-19(26-16-10-5-2-1-3-6-11-16)22(33(29,30)15-9-14-28)20(27-12-7-4-8-13-27)18(24)21(17)34(25,31)32/h5,10,16,26,28H,1-4,6-9,11-15H2,(H2,25,31,32)/b10-5-/t16-/m1/s1. The number of sulfonamides is 1. The van der Waals surface area contributed by atoms with Gasteiger partial charge in [0.1, 0.15) is 4.90 Å². The lowest BCUT2D eigenvalue weighted by Crippen LogP contribution is -2.34. The molecule has 1 aromatic rings. The summed E-state index contributed by atoms with van der Waals surface area (Å²) in [4.78, 5) is -0.495. The van der Waals surface area contributed by atoms with Crippen LogP contribution in [0.15, 0.2) is 21.9 Å². The molecule has 3 rings (SSSR count). The highest BCUT2D eigenvalue weighted by molar-refractivity contribution is 7.91. The van der Waals surface area contributed by atoms with Gasteiger partial charge in [-0.3, -0.25) is 0 Å². The van der Waals surface area contributed by atoms with Crippen molar-refractivity contribution in [1.82, 2.24) is 0 Å². The smallest absolute Gasteiger partial charge is 0.244 e. The van der Waals surface area contributed by atoms with Crippen molar-refractivity contribution in [3.63, 3.8) is 0 Å². The van der Waals surface area contributed by atoms with Gasteiger partial charge in [-0.05, 0) is 44.9 Å². The zero-order valence-electron chi connectivity index (χ0n) is 19.1. The Morgan fingerprint density at radius 3 is 2.32 bits per heavy atom. The van der Waals surface area contributed by atoms with E-state index in [9.17, 15) is 21.9 Å². The van der Waals surface area contributed by atoms with Gasteiger partial charge in [0.05, 0.1) is 17.1 Å². The van der Waals surface area contributed by atoms with Crippen LogP contribution in [0.1, 0.15) is 57.8 Å². The highest BCUT2D eigenvalue weighted by Gasteiger charge is 2.38. The van der Waals surface area contributed by atoms with E-state index in [1.807, 2.05) is 6.08 Å². The molecule has 4 N–H and O–H groups in total. The molecule has 0 radical (unpaired) electrons. The Balaban J connectivity index is 2.32. The fourth-order valence-corrected chi connectivity index (χ4v) is 6.92. The second kappa shape index (κ2) is 11.3. The van der Waals surface area contributed by atoms with Crippen molar-refractivity contribution in [1.29, 1.82) is 0 Å². The highest BCUT2D eigenvalue weighted by atomic mass is 32.2. The number of hydrogen-bond donors (Lipinski definition) is 3. The Hall–Kier alpha value is -1.76. The first-order valence-corrected chi connectivity index (χ1v) is 14.9. The van der Waals surface area contributed by atoms with E-state index in [1.54, 1.807) is 6.08 Å². The third-order valence-electron chi connectivity index (χ3n) is 6.19. The van der Waals surface area contributed by atoms with Crippen LogP contribution in [0.25, 0.3) is 0 Å². The molecule has 192 valence electrons. The number of piperidine rings is 1. The second-order valence-electron chi connectivity index (χ2n) is 8.82. The van der Waals surface area contributed by atoms with Crippen LogP contribution in [0, 0.1) is 11.6 Å². The minimum Gasteiger partial charge on any atom is -0.396 e. The summed E-state index contributed by atoms with van der Waals surface area (Å²) in [6.07, 6.45) is 9.84. The van der Waals surface area contributed by atoms with Gasteiger partial charge in [0.2, 0.25) is 10.0 Å². The number of aliphatic hydroxyl groups excluding tert-OH is 1. The van der Waals surface area contributed by atoms with Crippen molar-refractivity contribution in [2.75, 3.05) is 35.7 Å². The molecule has 0 amide bonds. The molecule has 0 bridgehead atoms. The summed E-state index contributed by atoms with van der Waals surface area (Å²) in [7, 11) is -9.16. The van der Waals surface area contributed by atoms with Crippen LogP contribution in [0.5, 0.6) is 0 Å². The summed E-state index contributed by atoms with van der Waals surface area (Å²) in [5.41, 5.74) is -1.06. The van der Waals surface area contributed by atoms with Crippen LogP contribution in [0.2, 0.25) is 0 Å². The molecule has 34 heavy (non-hydrogen) atoms. The number of hydrogen-bond acceptors (Lipinski definition) is 7. The summed E-state index contributed by atoms with van der Waals surface area (Å²) in [6, 6.07) is -0.477. The molecule has 1 atom stereocenters. The Labute approximate surface area is 200 Å². The summed E-state index contributed by atoms with van der Waals surface area (Å²) in [5, 5.41) is 17.3. The van der Waals surface area contributed by atoms with Crippen molar-refractivity contribution in [3.05, 3.63) is 23.8 Å². The van der Waals surface area contributed by atoms with E-state index in [4.69, 9.17) is 5.14 Å². The van der Waals surface area contributed by atoms with Gasteiger partial charge in [0, 0.05) is 25.7 Å². The van der Waals surface area contributed by atoms with E-state index in [-0.39, 0.29) is 19.5 Å². The fraction of sp³-hybridized carbons (Fsp3) is 0.636. The minimum absolute atomic E-state index is 0.134. The lowest BCUT2D eigenvalue weighted by Gasteiger charge is -2.33. The van der Waals surface area contributed by atoms with Crippen molar-refractivity contribution < 1.29 is 30.7 Å². The first-order valence-electron chi connectivity index (χ1n) is 11.7. The highest BCUT2D eigenvalue weighted by Crippen LogP contribution is 2.43. The molecule has 1 saturated heterocycles. The third kappa shape index (κ3) is 6.07.